The van der Waals surface area contributed by atoms with Crippen molar-refractivity contribution in [3.63, 3.8) is 0 Å². The maximum absolute atomic E-state index is 6.27. The Morgan fingerprint density at radius 2 is 2.28 bits per heavy atom. The Morgan fingerprint density at radius 1 is 1.50 bits per heavy atom. The Morgan fingerprint density at radius 3 is 2.89 bits per heavy atom. The number of hydrogen-bond acceptors (Lipinski definition) is 3. The van der Waals surface area contributed by atoms with Crippen LogP contribution in [0.1, 0.15) is 35.3 Å². The molecule has 0 radical (unpaired) electrons. The largest absolute Gasteiger partial charge is 0.375 e. The van der Waals surface area contributed by atoms with Crippen LogP contribution in [0.25, 0.3) is 0 Å². The van der Waals surface area contributed by atoms with E-state index in [1.54, 1.807) is 0 Å². The van der Waals surface area contributed by atoms with E-state index in [1.807, 2.05) is 12.3 Å². The molecule has 0 bridgehead atoms. The fourth-order valence-electron chi connectivity index (χ4n) is 2.34. The molecule has 0 aliphatic heterocycles. The second-order valence-electron chi connectivity index (χ2n) is 5.01. The minimum absolute atomic E-state index is 0.619. The third-order valence-electron chi connectivity index (χ3n) is 3.54. The highest BCUT2D eigenvalue weighted by Crippen LogP contribution is 2.47. The number of thiazole rings is 1. The molecule has 0 saturated heterocycles. The maximum Gasteiger partial charge on any atom is 0.180 e. The summed E-state index contributed by atoms with van der Waals surface area (Å²) in [7, 11) is 0. The minimum Gasteiger partial charge on any atom is -0.375 e. The molecule has 2 N–H and O–H groups in total. The molecule has 0 amide bonds. The summed E-state index contributed by atoms with van der Waals surface area (Å²) < 4.78 is 0. The van der Waals surface area contributed by atoms with Gasteiger partial charge in [-0.15, -0.1) is 11.3 Å². The van der Waals surface area contributed by atoms with Crippen LogP contribution in [0.5, 0.6) is 0 Å². The lowest BCUT2D eigenvalue weighted by molar-refractivity contribution is 0.912. The molecule has 94 valence electrons. The monoisotopic (exact) mass is 278 g/mol. The zero-order valence-electron chi connectivity index (χ0n) is 10.2. The van der Waals surface area contributed by atoms with E-state index >= 15 is 0 Å². The van der Waals surface area contributed by atoms with E-state index in [0.29, 0.717) is 5.13 Å². The van der Waals surface area contributed by atoms with Crippen LogP contribution in [0, 0.1) is 5.92 Å². The van der Waals surface area contributed by atoms with Gasteiger partial charge in [-0.25, -0.2) is 4.98 Å². The smallest absolute Gasteiger partial charge is 0.180 e. The van der Waals surface area contributed by atoms with Gasteiger partial charge in [-0.05, 0) is 35.4 Å². The van der Waals surface area contributed by atoms with Crippen LogP contribution < -0.4 is 5.73 Å². The number of rotatable bonds is 3. The van der Waals surface area contributed by atoms with E-state index in [4.69, 9.17) is 17.3 Å². The molecule has 2 aromatic rings. The van der Waals surface area contributed by atoms with Crippen LogP contribution in [0.15, 0.2) is 24.4 Å². The Hall–Kier alpha value is -1.06. The van der Waals surface area contributed by atoms with Gasteiger partial charge in [0.05, 0.1) is 0 Å². The Kier molecular flexibility index (Phi) is 3.04. The molecule has 1 aromatic carbocycles. The molecule has 2 nitrogen and oxygen atoms in total. The number of nitrogens with zero attached hydrogens (tertiary/aromatic N) is 1. The van der Waals surface area contributed by atoms with Gasteiger partial charge >= 0.3 is 0 Å². The fourth-order valence-corrected chi connectivity index (χ4v) is 3.23. The van der Waals surface area contributed by atoms with Crippen molar-refractivity contribution in [3.05, 3.63) is 45.4 Å². The topological polar surface area (TPSA) is 38.9 Å². The van der Waals surface area contributed by atoms with Crippen molar-refractivity contribution in [3.8, 4) is 0 Å². The van der Waals surface area contributed by atoms with E-state index in [1.165, 1.54) is 28.9 Å². The first kappa shape index (κ1) is 12.0. The molecule has 1 unspecified atom stereocenters. The molecule has 0 spiro atoms. The summed E-state index contributed by atoms with van der Waals surface area (Å²) in [6.07, 6.45) is 3.96. The lowest BCUT2D eigenvalue weighted by atomic mass is 10.0. The second kappa shape index (κ2) is 4.56. The Labute approximate surface area is 116 Å². The summed E-state index contributed by atoms with van der Waals surface area (Å²) in [5, 5.41) is 1.45. The normalized spacial score (nSPS) is 22.1. The molecule has 1 heterocycles. The van der Waals surface area contributed by atoms with Crippen molar-refractivity contribution in [2.24, 2.45) is 5.92 Å². The third-order valence-corrected chi connectivity index (χ3v) is 4.74. The molecule has 1 aromatic heterocycles. The van der Waals surface area contributed by atoms with Crippen LogP contribution >= 0.6 is 22.9 Å². The Balaban J connectivity index is 1.86. The van der Waals surface area contributed by atoms with Crippen LogP contribution in [-0.4, -0.2) is 4.98 Å². The highest BCUT2D eigenvalue weighted by molar-refractivity contribution is 7.15. The van der Waals surface area contributed by atoms with Crippen LogP contribution in [0.3, 0.4) is 0 Å². The predicted molar refractivity (Wildman–Crippen MR) is 77.3 cm³/mol. The first-order chi connectivity index (χ1) is 8.63. The molecular formula is C14H15ClN2S. The minimum atomic E-state index is 0.619. The quantitative estimate of drug-likeness (QED) is 0.918. The standard InChI is InChI=1S/C14H15ClN2S/c1-8-4-12(8)9-2-3-13(15)10(5-9)6-11-7-17-14(16)18-11/h2-3,5,7-8,12H,4,6H2,1H3,(H2,16,17)/t8?,12-/m0/s1. The highest BCUT2D eigenvalue weighted by Gasteiger charge is 2.34. The van der Waals surface area contributed by atoms with Crippen molar-refractivity contribution < 1.29 is 0 Å². The van der Waals surface area contributed by atoms with Gasteiger partial charge in [0, 0.05) is 22.5 Å². The number of anilines is 1. The molecule has 2 atom stereocenters. The third kappa shape index (κ3) is 2.38. The van der Waals surface area contributed by atoms with Gasteiger partial charge in [0.25, 0.3) is 0 Å². The van der Waals surface area contributed by atoms with Crippen LogP contribution in [0.2, 0.25) is 5.02 Å². The molecule has 1 aliphatic carbocycles. The molecule has 4 heteroatoms. The molecule has 1 aliphatic rings. The Bertz CT molecular complexity index is 579. The van der Waals surface area contributed by atoms with Crippen molar-refractivity contribution in [2.75, 3.05) is 5.73 Å². The number of nitrogens with two attached hydrogens (primary N) is 1. The van der Waals surface area contributed by atoms with Gasteiger partial charge in [0.2, 0.25) is 0 Å². The molecular weight excluding hydrogens is 264 g/mol. The molecule has 3 rings (SSSR count). The van der Waals surface area contributed by atoms with Crippen molar-refractivity contribution in [1.29, 1.82) is 0 Å². The summed E-state index contributed by atoms with van der Waals surface area (Å²) in [6, 6.07) is 6.41. The van der Waals surface area contributed by atoms with Crippen LogP contribution in [-0.2, 0) is 6.42 Å². The number of aromatic nitrogens is 1. The van der Waals surface area contributed by atoms with Gasteiger partial charge in [0.15, 0.2) is 5.13 Å². The summed E-state index contributed by atoms with van der Waals surface area (Å²) in [5.74, 6) is 1.55. The maximum atomic E-state index is 6.27. The number of halogens is 1. The molecule has 1 saturated carbocycles. The average Bonchev–Trinajstić information content (AvgIpc) is 2.92. The lowest BCUT2D eigenvalue weighted by Crippen LogP contribution is -1.90. The summed E-state index contributed by atoms with van der Waals surface area (Å²) in [4.78, 5) is 5.24. The van der Waals surface area contributed by atoms with Gasteiger partial charge in [-0.3, -0.25) is 0 Å². The molecule has 18 heavy (non-hydrogen) atoms. The zero-order chi connectivity index (χ0) is 12.7. The number of hydrogen-bond donors (Lipinski definition) is 1. The number of nitrogen functional groups attached to an aromatic ring is 1. The van der Waals surface area contributed by atoms with E-state index in [-0.39, 0.29) is 0 Å². The lowest BCUT2D eigenvalue weighted by Gasteiger charge is -2.06. The van der Waals surface area contributed by atoms with Gasteiger partial charge < -0.3 is 5.73 Å². The second-order valence-corrected chi connectivity index (χ2v) is 6.57. The average molecular weight is 279 g/mol. The summed E-state index contributed by atoms with van der Waals surface area (Å²) >= 11 is 7.80. The van der Waals surface area contributed by atoms with E-state index in [2.05, 4.69) is 24.0 Å². The van der Waals surface area contributed by atoms with Gasteiger partial charge in [0.1, 0.15) is 0 Å². The first-order valence-corrected chi connectivity index (χ1v) is 7.31. The van der Waals surface area contributed by atoms with E-state index < -0.39 is 0 Å². The predicted octanol–water partition coefficient (Wildman–Crippen LogP) is 4.09. The van der Waals surface area contributed by atoms with Crippen molar-refractivity contribution in [2.45, 2.75) is 25.7 Å². The van der Waals surface area contributed by atoms with Crippen LogP contribution in [0.4, 0.5) is 5.13 Å². The van der Waals surface area contributed by atoms with E-state index in [9.17, 15) is 0 Å². The highest BCUT2D eigenvalue weighted by atomic mass is 35.5. The van der Waals surface area contributed by atoms with Gasteiger partial charge in [-0.2, -0.15) is 0 Å². The number of benzene rings is 1. The molecule has 1 fully saturated rings. The van der Waals surface area contributed by atoms with Crippen molar-refractivity contribution >= 4 is 28.1 Å². The van der Waals surface area contributed by atoms with Crippen molar-refractivity contribution in [1.82, 2.24) is 4.98 Å². The van der Waals surface area contributed by atoms with Gasteiger partial charge in [-0.1, -0.05) is 30.7 Å². The zero-order valence-corrected chi connectivity index (χ0v) is 11.8. The van der Waals surface area contributed by atoms with E-state index in [0.717, 1.165) is 28.2 Å². The first-order valence-electron chi connectivity index (χ1n) is 6.12. The summed E-state index contributed by atoms with van der Waals surface area (Å²) in [6.45, 7) is 2.29. The fraction of sp³-hybridized carbons (Fsp3) is 0.357. The summed E-state index contributed by atoms with van der Waals surface area (Å²) in [5.41, 5.74) is 8.24. The SMILES string of the molecule is CC1C[C@@H]1c1ccc(Cl)c(Cc2cnc(N)s2)c1.